The lowest BCUT2D eigenvalue weighted by Gasteiger charge is -2.08. The van der Waals surface area contributed by atoms with Gasteiger partial charge in [-0.2, -0.15) is 5.26 Å². The Bertz CT molecular complexity index is 1300. The molecule has 4 aromatic rings. The molecule has 0 saturated carbocycles. The molecule has 3 aromatic carbocycles. The standard InChI is InChI=1S/C24H18N4O3/c25-14-20(15-27-17-26-23-6-1-2-7-24(23)27)12-19-4-3-5-22(13-19)31-16-18-8-10-21(11-9-18)28(29)30/h1-13,17H,15-16H2/b20-12-. The summed E-state index contributed by atoms with van der Waals surface area (Å²) in [5, 5.41) is 20.4. The fraction of sp³-hybridized carbons (Fsp3) is 0.0833. The average Bonchev–Trinajstić information content (AvgIpc) is 3.20. The molecule has 0 aliphatic heterocycles. The molecule has 0 saturated heterocycles. The summed E-state index contributed by atoms with van der Waals surface area (Å²) in [5.41, 5.74) is 4.19. The van der Waals surface area contributed by atoms with Gasteiger partial charge in [-0.3, -0.25) is 10.1 Å². The van der Waals surface area contributed by atoms with Gasteiger partial charge >= 0.3 is 0 Å². The number of nitro groups is 1. The molecule has 0 atom stereocenters. The van der Waals surface area contributed by atoms with Crippen LogP contribution in [0.5, 0.6) is 5.75 Å². The van der Waals surface area contributed by atoms with Gasteiger partial charge < -0.3 is 9.30 Å². The highest BCUT2D eigenvalue weighted by atomic mass is 16.6. The summed E-state index contributed by atoms with van der Waals surface area (Å²) >= 11 is 0. The van der Waals surface area contributed by atoms with Gasteiger partial charge in [-0.25, -0.2) is 4.98 Å². The van der Waals surface area contributed by atoms with Crippen LogP contribution in [0.1, 0.15) is 11.1 Å². The van der Waals surface area contributed by atoms with E-state index in [2.05, 4.69) is 11.1 Å². The lowest BCUT2D eigenvalue weighted by atomic mass is 10.1. The van der Waals surface area contributed by atoms with Gasteiger partial charge in [0.25, 0.3) is 5.69 Å². The maximum Gasteiger partial charge on any atom is 0.269 e. The number of hydrogen-bond donors (Lipinski definition) is 0. The molecule has 7 heteroatoms. The van der Waals surface area contributed by atoms with Crippen LogP contribution >= 0.6 is 0 Å². The van der Waals surface area contributed by atoms with Crippen molar-refractivity contribution in [1.29, 1.82) is 5.26 Å². The topological polar surface area (TPSA) is 94.0 Å². The number of para-hydroxylation sites is 2. The number of nitrogens with zero attached hydrogens (tertiary/aromatic N) is 4. The van der Waals surface area contributed by atoms with Gasteiger partial charge in [0.2, 0.25) is 0 Å². The van der Waals surface area contributed by atoms with E-state index in [1.807, 2.05) is 59.2 Å². The molecular formula is C24H18N4O3. The monoisotopic (exact) mass is 410 g/mol. The number of fused-ring (bicyclic) bond motifs is 1. The number of aromatic nitrogens is 2. The number of imidazole rings is 1. The molecule has 0 radical (unpaired) electrons. The quantitative estimate of drug-likeness (QED) is 0.239. The largest absolute Gasteiger partial charge is 0.489 e. The van der Waals surface area contributed by atoms with Gasteiger partial charge in [0.1, 0.15) is 12.4 Å². The Morgan fingerprint density at radius 1 is 1.13 bits per heavy atom. The van der Waals surface area contributed by atoms with Crippen molar-refractivity contribution in [3.8, 4) is 11.8 Å². The van der Waals surface area contributed by atoms with Crippen molar-refractivity contribution in [2.45, 2.75) is 13.2 Å². The zero-order valence-electron chi connectivity index (χ0n) is 16.5. The molecule has 31 heavy (non-hydrogen) atoms. The Kier molecular flexibility index (Phi) is 5.72. The molecule has 0 bridgehead atoms. The Hall–Kier alpha value is -4.44. The van der Waals surface area contributed by atoms with E-state index < -0.39 is 4.92 Å². The van der Waals surface area contributed by atoms with Gasteiger partial charge in [-0.1, -0.05) is 24.3 Å². The first-order chi connectivity index (χ1) is 15.1. The fourth-order valence-electron chi connectivity index (χ4n) is 3.21. The number of nitro benzene ring substituents is 1. The van der Waals surface area contributed by atoms with Crippen LogP contribution in [0, 0.1) is 21.4 Å². The van der Waals surface area contributed by atoms with Gasteiger partial charge in [-0.05, 0) is 53.6 Å². The van der Waals surface area contributed by atoms with Crippen LogP contribution in [-0.2, 0) is 13.2 Å². The zero-order valence-corrected chi connectivity index (χ0v) is 16.5. The van der Waals surface area contributed by atoms with Crippen LogP contribution < -0.4 is 4.74 Å². The van der Waals surface area contributed by atoms with E-state index in [1.165, 1.54) is 12.1 Å². The van der Waals surface area contributed by atoms with Crippen molar-refractivity contribution in [2.75, 3.05) is 0 Å². The summed E-state index contributed by atoms with van der Waals surface area (Å²) in [5.74, 6) is 0.650. The minimum Gasteiger partial charge on any atom is -0.489 e. The maximum atomic E-state index is 10.7. The predicted molar refractivity (Wildman–Crippen MR) is 117 cm³/mol. The third-order valence-electron chi connectivity index (χ3n) is 4.76. The highest BCUT2D eigenvalue weighted by molar-refractivity contribution is 5.75. The SMILES string of the molecule is N#C/C(=C/c1cccc(OCc2ccc([N+](=O)[O-])cc2)c1)Cn1cnc2ccccc21. The number of hydrogen-bond acceptors (Lipinski definition) is 5. The first kappa shape index (κ1) is 19.9. The van der Waals surface area contributed by atoms with Crippen molar-refractivity contribution >= 4 is 22.8 Å². The lowest BCUT2D eigenvalue weighted by molar-refractivity contribution is -0.384. The van der Waals surface area contributed by atoms with Crippen molar-refractivity contribution < 1.29 is 9.66 Å². The third kappa shape index (κ3) is 4.77. The molecule has 1 heterocycles. The molecule has 0 fully saturated rings. The minimum atomic E-state index is -0.431. The van der Waals surface area contributed by atoms with Gasteiger partial charge in [0.05, 0.1) is 34.9 Å². The maximum absolute atomic E-state index is 10.7. The average molecular weight is 410 g/mol. The van der Waals surface area contributed by atoms with Crippen LogP contribution in [0.25, 0.3) is 17.1 Å². The molecule has 1 aromatic heterocycles. The van der Waals surface area contributed by atoms with Crippen LogP contribution in [0.15, 0.2) is 84.7 Å². The van der Waals surface area contributed by atoms with E-state index in [0.717, 1.165) is 22.2 Å². The third-order valence-corrected chi connectivity index (χ3v) is 4.76. The van der Waals surface area contributed by atoms with Gasteiger partial charge in [0.15, 0.2) is 0 Å². The Morgan fingerprint density at radius 3 is 2.71 bits per heavy atom. The van der Waals surface area contributed by atoms with Crippen molar-refractivity contribution in [3.63, 3.8) is 0 Å². The van der Waals surface area contributed by atoms with Crippen molar-refractivity contribution in [3.05, 3.63) is 106 Å². The number of non-ortho nitro benzene ring substituents is 1. The van der Waals surface area contributed by atoms with Crippen LogP contribution in [0.2, 0.25) is 0 Å². The molecule has 0 amide bonds. The first-order valence-electron chi connectivity index (χ1n) is 9.59. The molecular weight excluding hydrogens is 392 g/mol. The lowest BCUT2D eigenvalue weighted by Crippen LogP contribution is -1.98. The van der Waals surface area contributed by atoms with E-state index >= 15 is 0 Å². The second-order valence-electron chi connectivity index (χ2n) is 6.93. The number of nitriles is 1. The molecule has 0 unspecified atom stereocenters. The van der Waals surface area contributed by atoms with Crippen molar-refractivity contribution in [1.82, 2.24) is 9.55 Å². The second-order valence-corrected chi connectivity index (χ2v) is 6.93. The smallest absolute Gasteiger partial charge is 0.269 e. The van der Waals surface area contributed by atoms with E-state index in [-0.39, 0.29) is 12.3 Å². The fourth-order valence-corrected chi connectivity index (χ4v) is 3.21. The Morgan fingerprint density at radius 2 is 1.94 bits per heavy atom. The summed E-state index contributed by atoms with van der Waals surface area (Å²) < 4.78 is 7.76. The summed E-state index contributed by atoms with van der Waals surface area (Å²) in [6.07, 6.45) is 3.56. The molecule has 0 aliphatic carbocycles. The number of rotatable bonds is 7. The normalized spacial score (nSPS) is 11.3. The second kappa shape index (κ2) is 8.93. The molecule has 7 nitrogen and oxygen atoms in total. The van der Waals surface area contributed by atoms with Gasteiger partial charge in [0, 0.05) is 17.7 Å². The van der Waals surface area contributed by atoms with E-state index in [4.69, 9.17) is 4.74 Å². The van der Waals surface area contributed by atoms with Crippen LogP contribution in [0.4, 0.5) is 5.69 Å². The first-order valence-corrected chi connectivity index (χ1v) is 9.59. The highest BCUT2D eigenvalue weighted by Gasteiger charge is 2.06. The summed E-state index contributed by atoms with van der Waals surface area (Å²) in [4.78, 5) is 14.7. The molecule has 0 aliphatic rings. The number of ether oxygens (including phenoxy) is 1. The molecule has 0 N–H and O–H groups in total. The van der Waals surface area contributed by atoms with Crippen LogP contribution in [-0.4, -0.2) is 14.5 Å². The number of benzene rings is 3. The van der Waals surface area contributed by atoms with E-state index in [0.29, 0.717) is 17.9 Å². The summed E-state index contributed by atoms with van der Waals surface area (Å²) in [7, 11) is 0. The minimum absolute atomic E-state index is 0.0468. The Labute approximate surface area is 178 Å². The Balaban J connectivity index is 1.47. The van der Waals surface area contributed by atoms with E-state index in [9.17, 15) is 15.4 Å². The zero-order chi connectivity index (χ0) is 21.6. The number of allylic oxidation sites excluding steroid dienone is 1. The molecule has 0 spiro atoms. The summed E-state index contributed by atoms with van der Waals surface area (Å²) in [6, 6.07) is 23.8. The van der Waals surface area contributed by atoms with Crippen molar-refractivity contribution in [2.24, 2.45) is 0 Å². The summed E-state index contributed by atoms with van der Waals surface area (Å²) in [6.45, 7) is 0.711. The molecule has 152 valence electrons. The highest BCUT2D eigenvalue weighted by Crippen LogP contribution is 2.20. The predicted octanol–water partition coefficient (Wildman–Crippen LogP) is 5.13. The van der Waals surface area contributed by atoms with E-state index in [1.54, 1.807) is 18.5 Å². The van der Waals surface area contributed by atoms with Crippen LogP contribution in [0.3, 0.4) is 0 Å². The molecule has 4 rings (SSSR count). The van der Waals surface area contributed by atoms with Gasteiger partial charge in [-0.15, -0.1) is 0 Å².